The quantitative estimate of drug-likeness (QED) is 0.549. The van der Waals surface area contributed by atoms with Crippen molar-refractivity contribution in [3.63, 3.8) is 0 Å². The first kappa shape index (κ1) is 18.5. The Hall–Kier alpha value is -3.81. The molecule has 0 unspecified atom stereocenters. The third-order valence-corrected chi connectivity index (χ3v) is 4.38. The minimum atomic E-state index is -0.198. The van der Waals surface area contributed by atoms with Gasteiger partial charge in [0.2, 0.25) is 5.91 Å². The lowest BCUT2D eigenvalue weighted by molar-refractivity contribution is -0.116. The second-order valence-electron chi connectivity index (χ2n) is 6.80. The SMILES string of the molecule is Cc1cnc(C)c(-c2cnn(CC(=O)Nc3ccn(Cc4ccccc4)n3)c2)n1. The summed E-state index contributed by atoms with van der Waals surface area (Å²) in [7, 11) is 0. The van der Waals surface area contributed by atoms with E-state index in [2.05, 4.69) is 25.5 Å². The normalized spacial score (nSPS) is 10.8. The third kappa shape index (κ3) is 4.55. The molecule has 1 N–H and O–H groups in total. The van der Waals surface area contributed by atoms with E-state index in [4.69, 9.17) is 0 Å². The molecule has 0 saturated carbocycles. The summed E-state index contributed by atoms with van der Waals surface area (Å²) in [4.78, 5) is 21.2. The van der Waals surface area contributed by atoms with E-state index >= 15 is 0 Å². The Morgan fingerprint density at radius 3 is 2.72 bits per heavy atom. The number of anilines is 1. The van der Waals surface area contributed by atoms with Crippen molar-refractivity contribution < 1.29 is 4.79 Å². The molecule has 0 aliphatic rings. The van der Waals surface area contributed by atoms with Gasteiger partial charge in [0.05, 0.1) is 29.8 Å². The Labute approximate surface area is 168 Å². The van der Waals surface area contributed by atoms with Crippen LogP contribution in [0.25, 0.3) is 11.3 Å². The lowest BCUT2D eigenvalue weighted by atomic mass is 10.2. The van der Waals surface area contributed by atoms with Gasteiger partial charge in [0.1, 0.15) is 6.54 Å². The fourth-order valence-electron chi connectivity index (χ4n) is 3.00. The highest BCUT2D eigenvalue weighted by atomic mass is 16.2. The average molecular weight is 387 g/mol. The number of carbonyl (C=O) groups is 1. The lowest BCUT2D eigenvalue weighted by Crippen LogP contribution is -2.19. The van der Waals surface area contributed by atoms with Crippen LogP contribution < -0.4 is 5.32 Å². The number of benzene rings is 1. The van der Waals surface area contributed by atoms with Crippen molar-refractivity contribution >= 4 is 11.7 Å². The number of amides is 1. The summed E-state index contributed by atoms with van der Waals surface area (Å²) < 4.78 is 3.37. The number of nitrogens with one attached hydrogen (secondary N) is 1. The Morgan fingerprint density at radius 1 is 1.07 bits per heavy atom. The second kappa shape index (κ2) is 8.05. The largest absolute Gasteiger partial charge is 0.308 e. The highest BCUT2D eigenvalue weighted by Crippen LogP contribution is 2.19. The van der Waals surface area contributed by atoms with Crippen molar-refractivity contribution in [3.05, 3.63) is 78.1 Å². The fourth-order valence-corrected chi connectivity index (χ4v) is 3.00. The number of hydrogen-bond acceptors (Lipinski definition) is 5. The van der Waals surface area contributed by atoms with Gasteiger partial charge in [-0.2, -0.15) is 10.2 Å². The molecule has 0 atom stereocenters. The summed E-state index contributed by atoms with van der Waals surface area (Å²) in [5, 5.41) is 11.5. The van der Waals surface area contributed by atoms with E-state index in [0.717, 1.165) is 28.2 Å². The van der Waals surface area contributed by atoms with Crippen LogP contribution >= 0.6 is 0 Å². The maximum atomic E-state index is 12.4. The van der Waals surface area contributed by atoms with Crippen molar-refractivity contribution in [2.45, 2.75) is 26.9 Å². The van der Waals surface area contributed by atoms with Crippen molar-refractivity contribution in [1.29, 1.82) is 0 Å². The van der Waals surface area contributed by atoms with Gasteiger partial charge >= 0.3 is 0 Å². The molecule has 1 aromatic carbocycles. The standard InChI is InChI=1S/C21H21N7O/c1-15-10-22-16(2)21(24-15)18-11-23-28(13-18)14-20(29)25-19-8-9-27(26-19)12-17-6-4-3-5-7-17/h3-11,13H,12,14H2,1-2H3,(H,25,26,29). The van der Waals surface area contributed by atoms with Crippen molar-refractivity contribution in [1.82, 2.24) is 29.5 Å². The molecule has 3 heterocycles. The van der Waals surface area contributed by atoms with E-state index < -0.39 is 0 Å². The van der Waals surface area contributed by atoms with E-state index in [1.807, 2.05) is 50.4 Å². The molecule has 0 radical (unpaired) electrons. The van der Waals surface area contributed by atoms with Gasteiger partial charge in [-0.3, -0.25) is 19.1 Å². The number of aryl methyl sites for hydroxylation is 2. The minimum absolute atomic E-state index is 0.0871. The van der Waals surface area contributed by atoms with Crippen LogP contribution in [0.3, 0.4) is 0 Å². The van der Waals surface area contributed by atoms with Gasteiger partial charge in [-0.25, -0.2) is 4.98 Å². The molecule has 0 aliphatic carbocycles. The fraction of sp³-hybridized carbons (Fsp3) is 0.190. The summed E-state index contributed by atoms with van der Waals surface area (Å²) in [5.74, 6) is 0.315. The summed E-state index contributed by atoms with van der Waals surface area (Å²) >= 11 is 0. The van der Waals surface area contributed by atoms with Crippen LogP contribution in [0.5, 0.6) is 0 Å². The first-order chi connectivity index (χ1) is 14.1. The Bertz CT molecular complexity index is 1130. The van der Waals surface area contributed by atoms with E-state index in [0.29, 0.717) is 12.4 Å². The Kier molecular flexibility index (Phi) is 5.15. The molecule has 8 nitrogen and oxygen atoms in total. The molecule has 0 bridgehead atoms. The van der Waals surface area contributed by atoms with Gasteiger partial charge in [-0.05, 0) is 19.4 Å². The van der Waals surface area contributed by atoms with Crippen molar-refractivity contribution in [3.8, 4) is 11.3 Å². The lowest BCUT2D eigenvalue weighted by Gasteiger charge is -2.04. The minimum Gasteiger partial charge on any atom is -0.308 e. The van der Waals surface area contributed by atoms with Gasteiger partial charge in [-0.1, -0.05) is 30.3 Å². The molecule has 1 amide bonds. The maximum absolute atomic E-state index is 12.4. The average Bonchev–Trinajstić information content (AvgIpc) is 3.34. The number of aromatic nitrogens is 6. The molecule has 0 saturated heterocycles. The Balaban J connectivity index is 1.38. The molecule has 146 valence electrons. The summed E-state index contributed by atoms with van der Waals surface area (Å²) in [6.45, 7) is 4.53. The number of nitrogens with zero attached hydrogens (tertiary/aromatic N) is 6. The molecular weight excluding hydrogens is 366 g/mol. The molecule has 8 heteroatoms. The summed E-state index contributed by atoms with van der Waals surface area (Å²) in [6, 6.07) is 11.8. The third-order valence-electron chi connectivity index (χ3n) is 4.38. The molecular formula is C21H21N7O. The van der Waals surface area contributed by atoms with Gasteiger partial charge in [0, 0.05) is 30.2 Å². The molecule has 0 spiro atoms. The van der Waals surface area contributed by atoms with Gasteiger partial charge in [0.25, 0.3) is 0 Å². The van der Waals surface area contributed by atoms with Crippen LogP contribution in [-0.2, 0) is 17.9 Å². The predicted molar refractivity (Wildman–Crippen MR) is 109 cm³/mol. The number of carbonyl (C=O) groups excluding carboxylic acids is 1. The topological polar surface area (TPSA) is 90.5 Å². The molecule has 0 fully saturated rings. The van der Waals surface area contributed by atoms with E-state index in [1.165, 1.54) is 0 Å². The molecule has 29 heavy (non-hydrogen) atoms. The molecule has 4 aromatic rings. The van der Waals surface area contributed by atoms with E-state index in [-0.39, 0.29) is 12.5 Å². The highest BCUT2D eigenvalue weighted by Gasteiger charge is 2.11. The highest BCUT2D eigenvalue weighted by molar-refractivity contribution is 5.89. The Morgan fingerprint density at radius 2 is 1.90 bits per heavy atom. The smallest absolute Gasteiger partial charge is 0.247 e. The number of hydrogen-bond donors (Lipinski definition) is 1. The zero-order valence-electron chi connectivity index (χ0n) is 16.3. The van der Waals surface area contributed by atoms with Crippen molar-refractivity contribution in [2.24, 2.45) is 0 Å². The van der Waals surface area contributed by atoms with Crippen LogP contribution in [0, 0.1) is 13.8 Å². The van der Waals surface area contributed by atoms with Crippen LogP contribution in [0.4, 0.5) is 5.82 Å². The summed E-state index contributed by atoms with van der Waals surface area (Å²) in [5.41, 5.74) is 4.41. The zero-order valence-corrected chi connectivity index (χ0v) is 16.3. The first-order valence-corrected chi connectivity index (χ1v) is 9.27. The van der Waals surface area contributed by atoms with Crippen LogP contribution in [0.15, 0.2) is 61.2 Å². The van der Waals surface area contributed by atoms with Crippen LogP contribution in [-0.4, -0.2) is 35.4 Å². The number of rotatable bonds is 6. The van der Waals surface area contributed by atoms with E-state index in [1.54, 1.807) is 34.0 Å². The summed E-state index contributed by atoms with van der Waals surface area (Å²) in [6.07, 6.45) is 7.06. The molecule has 0 aliphatic heterocycles. The van der Waals surface area contributed by atoms with E-state index in [9.17, 15) is 4.79 Å². The maximum Gasteiger partial charge on any atom is 0.247 e. The van der Waals surface area contributed by atoms with Crippen LogP contribution in [0.2, 0.25) is 0 Å². The molecule has 4 rings (SSSR count). The zero-order chi connectivity index (χ0) is 20.2. The predicted octanol–water partition coefficient (Wildman–Crippen LogP) is 2.84. The monoisotopic (exact) mass is 387 g/mol. The first-order valence-electron chi connectivity index (χ1n) is 9.27. The van der Waals surface area contributed by atoms with Gasteiger partial charge < -0.3 is 5.32 Å². The van der Waals surface area contributed by atoms with Gasteiger partial charge in [-0.15, -0.1) is 0 Å². The second-order valence-corrected chi connectivity index (χ2v) is 6.80. The van der Waals surface area contributed by atoms with Gasteiger partial charge in [0.15, 0.2) is 5.82 Å². The van der Waals surface area contributed by atoms with Crippen LogP contribution in [0.1, 0.15) is 17.0 Å². The molecule has 3 aromatic heterocycles. The van der Waals surface area contributed by atoms with Crippen molar-refractivity contribution in [2.75, 3.05) is 5.32 Å².